The fourth-order valence-electron chi connectivity index (χ4n) is 2.27. The molecule has 1 fully saturated rings. The molecule has 0 aromatic carbocycles. The Hall–Kier alpha value is -1.04. The fourth-order valence-corrected chi connectivity index (χ4v) is 3.67. The minimum atomic E-state index is 0.0974. The van der Waals surface area contributed by atoms with Crippen molar-refractivity contribution in [3.05, 3.63) is 11.4 Å². The van der Waals surface area contributed by atoms with Gasteiger partial charge in [0.05, 0.1) is 6.42 Å². The lowest BCUT2D eigenvalue weighted by atomic mass is 9.86. The molecule has 1 aliphatic rings. The van der Waals surface area contributed by atoms with Crippen LogP contribution in [-0.4, -0.2) is 45.2 Å². The topological polar surface area (TPSA) is 59.2 Å². The molecule has 1 aromatic heterocycles. The number of amides is 1. The predicted molar refractivity (Wildman–Crippen MR) is 75.0 cm³/mol. The van der Waals surface area contributed by atoms with Gasteiger partial charge in [0.25, 0.3) is 0 Å². The normalized spacial score (nSPS) is 20.6. The molecule has 1 aromatic rings. The van der Waals surface area contributed by atoms with Crippen molar-refractivity contribution in [2.45, 2.75) is 40.2 Å². The summed E-state index contributed by atoms with van der Waals surface area (Å²) in [5.74, 6) is 2.14. The molecule has 0 N–H and O–H groups in total. The third-order valence-corrected chi connectivity index (χ3v) is 4.54. The zero-order chi connectivity index (χ0) is 14.0. The van der Waals surface area contributed by atoms with Crippen LogP contribution in [0.5, 0.6) is 0 Å². The largest absolute Gasteiger partial charge is 0.337 e. The average Bonchev–Trinajstić information content (AvgIpc) is 2.74. The van der Waals surface area contributed by atoms with Gasteiger partial charge in [0.2, 0.25) is 5.91 Å². The lowest BCUT2D eigenvalue weighted by Crippen LogP contribution is -2.52. The summed E-state index contributed by atoms with van der Waals surface area (Å²) in [6.45, 7) is 9.19. The van der Waals surface area contributed by atoms with E-state index in [9.17, 15) is 4.79 Å². The predicted octanol–water partition coefficient (Wildman–Crippen LogP) is 1.91. The Morgan fingerprint density at radius 3 is 2.79 bits per heavy atom. The zero-order valence-corrected chi connectivity index (χ0v) is 12.8. The molecule has 5 nitrogen and oxygen atoms in total. The van der Waals surface area contributed by atoms with Gasteiger partial charge in [-0.05, 0) is 12.3 Å². The van der Waals surface area contributed by atoms with E-state index >= 15 is 0 Å². The van der Waals surface area contributed by atoms with Gasteiger partial charge in [0.1, 0.15) is 11.4 Å². The number of rotatable bonds is 2. The highest BCUT2D eigenvalue weighted by Crippen LogP contribution is 2.31. The van der Waals surface area contributed by atoms with E-state index < -0.39 is 0 Å². The van der Waals surface area contributed by atoms with Crippen LogP contribution in [0.2, 0.25) is 0 Å². The van der Waals surface area contributed by atoms with Crippen molar-refractivity contribution in [2.24, 2.45) is 5.41 Å². The smallest absolute Gasteiger partial charge is 0.229 e. The monoisotopic (exact) mass is 283 g/mol. The summed E-state index contributed by atoms with van der Waals surface area (Å²) >= 11 is 1.92. The Morgan fingerprint density at radius 1 is 1.47 bits per heavy atom. The maximum atomic E-state index is 12.5. The Bertz CT molecular complexity index is 453. The van der Waals surface area contributed by atoms with Gasteiger partial charge in [0, 0.05) is 24.1 Å². The lowest BCUT2D eigenvalue weighted by molar-refractivity contribution is -0.134. The maximum absolute atomic E-state index is 12.5. The molecule has 1 unspecified atom stereocenters. The van der Waals surface area contributed by atoms with Gasteiger partial charge in [-0.1, -0.05) is 31.1 Å². The molecule has 1 saturated heterocycles. The molecule has 0 radical (unpaired) electrons. The first-order valence-corrected chi connectivity index (χ1v) is 7.70. The Labute approximate surface area is 118 Å². The number of aromatic nitrogens is 2. The van der Waals surface area contributed by atoms with Crippen molar-refractivity contribution in [3.63, 3.8) is 0 Å². The van der Waals surface area contributed by atoms with Crippen molar-refractivity contribution in [1.29, 1.82) is 0 Å². The van der Waals surface area contributed by atoms with Crippen LogP contribution in [0, 0.1) is 12.3 Å². The first kappa shape index (κ1) is 14.4. The number of aryl methyl sites for hydroxylation is 1. The summed E-state index contributed by atoms with van der Waals surface area (Å²) in [5, 5.41) is 7.52. The molecule has 6 heteroatoms. The summed E-state index contributed by atoms with van der Waals surface area (Å²) < 4.78 is 4.65. The summed E-state index contributed by atoms with van der Waals surface area (Å²) in [5.41, 5.74) is 1.45. The number of hydrogen-bond acceptors (Lipinski definition) is 5. The molecule has 0 aliphatic carbocycles. The molecule has 1 amide bonds. The molecule has 19 heavy (non-hydrogen) atoms. The third kappa shape index (κ3) is 3.29. The second-order valence-electron chi connectivity index (χ2n) is 6.02. The third-order valence-electron chi connectivity index (χ3n) is 3.51. The van der Waals surface area contributed by atoms with Gasteiger partial charge in [-0.2, -0.15) is 11.8 Å². The van der Waals surface area contributed by atoms with Crippen LogP contribution in [0.15, 0.2) is 4.63 Å². The number of nitrogens with zero attached hydrogens (tertiary/aromatic N) is 3. The van der Waals surface area contributed by atoms with Crippen molar-refractivity contribution in [1.82, 2.24) is 15.2 Å². The highest BCUT2D eigenvalue weighted by atomic mass is 32.2. The van der Waals surface area contributed by atoms with Crippen LogP contribution in [0.3, 0.4) is 0 Å². The summed E-state index contributed by atoms with van der Waals surface area (Å²) in [7, 11) is 0. The van der Waals surface area contributed by atoms with E-state index in [1.54, 1.807) is 0 Å². The molecule has 0 bridgehead atoms. The van der Waals surface area contributed by atoms with E-state index in [-0.39, 0.29) is 23.8 Å². The molecule has 0 saturated carbocycles. The minimum absolute atomic E-state index is 0.0974. The minimum Gasteiger partial charge on any atom is -0.337 e. The molecular weight excluding hydrogens is 262 g/mol. The number of hydrogen-bond donors (Lipinski definition) is 0. The van der Waals surface area contributed by atoms with Crippen molar-refractivity contribution in [2.75, 3.05) is 18.1 Å². The summed E-state index contributed by atoms with van der Waals surface area (Å²) in [6, 6.07) is 0.277. The number of carbonyl (C=O) groups excluding carboxylic acids is 1. The molecule has 2 rings (SSSR count). The molecule has 2 heterocycles. The van der Waals surface area contributed by atoms with Crippen LogP contribution < -0.4 is 0 Å². The van der Waals surface area contributed by atoms with E-state index in [4.69, 9.17) is 0 Å². The second-order valence-corrected chi connectivity index (χ2v) is 7.17. The van der Waals surface area contributed by atoms with E-state index in [0.717, 1.165) is 18.1 Å². The summed E-state index contributed by atoms with van der Waals surface area (Å²) in [6.07, 6.45) is 0.284. The van der Waals surface area contributed by atoms with Gasteiger partial charge in [-0.3, -0.25) is 4.79 Å². The van der Waals surface area contributed by atoms with Crippen LogP contribution >= 0.6 is 11.8 Å². The van der Waals surface area contributed by atoms with Gasteiger partial charge in [0.15, 0.2) is 0 Å². The molecule has 0 spiro atoms. The zero-order valence-electron chi connectivity index (χ0n) is 12.0. The average molecular weight is 283 g/mol. The second kappa shape index (κ2) is 5.53. The standard InChI is InChI=1S/C13H21N3O2S/c1-9-10(15-18-14-9)7-12(17)16-5-6-19-8-11(16)13(2,3)4/h11H,5-8H2,1-4H3. The van der Waals surface area contributed by atoms with Crippen LogP contribution in [0.4, 0.5) is 0 Å². The molecular formula is C13H21N3O2S. The Balaban J connectivity index is 2.10. The molecule has 1 atom stereocenters. The van der Waals surface area contributed by atoms with E-state index in [2.05, 4.69) is 35.7 Å². The van der Waals surface area contributed by atoms with E-state index in [0.29, 0.717) is 11.4 Å². The SMILES string of the molecule is Cc1nonc1CC(=O)N1CCSCC1C(C)(C)C. The lowest BCUT2D eigenvalue weighted by Gasteiger charge is -2.43. The van der Waals surface area contributed by atoms with Crippen LogP contribution in [-0.2, 0) is 11.2 Å². The molecule has 106 valence electrons. The Kier molecular flexibility index (Phi) is 4.18. The Morgan fingerprint density at radius 2 is 2.21 bits per heavy atom. The first-order chi connectivity index (χ1) is 8.89. The first-order valence-electron chi connectivity index (χ1n) is 6.55. The molecule has 1 aliphatic heterocycles. The van der Waals surface area contributed by atoms with Crippen molar-refractivity contribution in [3.8, 4) is 0 Å². The van der Waals surface area contributed by atoms with Crippen molar-refractivity contribution >= 4 is 17.7 Å². The quantitative estimate of drug-likeness (QED) is 0.830. The highest BCUT2D eigenvalue weighted by Gasteiger charge is 2.35. The maximum Gasteiger partial charge on any atom is 0.229 e. The van der Waals surface area contributed by atoms with E-state index in [1.165, 1.54) is 0 Å². The van der Waals surface area contributed by atoms with Crippen LogP contribution in [0.25, 0.3) is 0 Å². The highest BCUT2D eigenvalue weighted by molar-refractivity contribution is 7.99. The van der Waals surface area contributed by atoms with Gasteiger partial charge >= 0.3 is 0 Å². The van der Waals surface area contributed by atoms with Gasteiger partial charge in [-0.15, -0.1) is 0 Å². The number of carbonyl (C=O) groups is 1. The van der Waals surface area contributed by atoms with Gasteiger partial charge in [-0.25, -0.2) is 4.63 Å². The van der Waals surface area contributed by atoms with Crippen molar-refractivity contribution < 1.29 is 9.42 Å². The van der Waals surface area contributed by atoms with Gasteiger partial charge < -0.3 is 4.90 Å². The fraction of sp³-hybridized carbons (Fsp3) is 0.769. The van der Waals surface area contributed by atoms with E-state index in [1.807, 2.05) is 23.6 Å². The van der Waals surface area contributed by atoms with Crippen LogP contribution in [0.1, 0.15) is 32.2 Å². The number of thioether (sulfide) groups is 1. The summed E-state index contributed by atoms with van der Waals surface area (Å²) in [4.78, 5) is 14.5.